The van der Waals surface area contributed by atoms with E-state index in [2.05, 4.69) is 10.5 Å². The molecule has 0 bridgehead atoms. The van der Waals surface area contributed by atoms with Crippen molar-refractivity contribution < 1.29 is 23.7 Å². The minimum Gasteiger partial charge on any atom is -0.497 e. The highest BCUT2D eigenvalue weighted by Crippen LogP contribution is 2.22. The van der Waals surface area contributed by atoms with Gasteiger partial charge >= 0.3 is 0 Å². The lowest BCUT2D eigenvalue weighted by Gasteiger charge is -2.07. The first kappa shape index (κ1) is 18.1. The van der Waals surface area contributed by atoms with Crippen molar-refractivity contribution in [2.75, 3.05) is 27.9 Å². The van der Waals surface area contributed by atoms with Crippen LogP contribution in [0, 0.1) is 0 Å². The zero-order valence-corrected chi connectivity index (χ0v) is 14.3. The third-order valence-corrected chi connectivity index (χ3v) is 3.26. The number of methoxy groups -OCH3 is 3. The maximum atomic E-state index is 11.8. The number of carbonyl (C=O) groups is 1. The maximum Gasteiger partial charge on any atom is 0.277 e. The number of carbonyl (C=O) groups excluding carboxylic acids is 1. The Morgan fingerprint density at radius 2 is 1.60 bits per heavy atom. The van der Waals surface area contributed by atoms with Crippen LogP contribution in [0.25, 0.3) is 0 Å². The van der Waals surface area contributed by atoms with E-state index in [1.807, 2.05) is 0 Å². The van der Waals surface area contributed by atoms with Crippen molar-refractivity contribution >= 4 is 12.1 Å². The summed E-state index contributed by atoms with van der Waals surface area (Å²) in [7, 11) is 4.71. The van der Waals surface area contributed by atoms with Crippen molar-refractivity contribution in [1.82, 2.24) is 5.43 Å². The van der Waals surface area contributed by atoms with Gasteiger partial charge in [0.25, 0.3) is 5.91 Å². The number of hydrogen-bond donors (Lipinski definition) is 1. The molecule has 1 amide bonds. The Morgan fingerprint density at radius 3 is 2.24 bits per heavy atom. The minimum atomic E-state index is -0.381. The van der Waals surface area contributed by atoms with Gasteiger partial charge < -0.3 is 18.9 Å². The molecule has 7 nitrogen and oxygen atoms in total. The second-order valence-corrected chi connectivity index (χ2v) is 4.87. The van der Waals surface area contributed by atoms with Crippen molar-refractivity contribution in [3.8, 4) is 23.0 Å². The van der Waals surface area contributed by atoms with Crippen LogP contribution in [0.4, 0.5) is 0 Å². The van der Waals surface area contributed by atoms with Crippen LogP contribution in [-0.2, 0) is 4.79 Å². The average Bonchev–Trinajstić information content (AvgIpc) is 2.66. The highest BCUT2D eigenvalue weighted by Gasteiger charge is 2.04. The Hall–Kier alpha value is -3.22. The van der Waals surface area contributed by atoms with Gasteiger partial charge in [-0.1, -0.05) is 0 Å². The van der Waals surface area contributed by atoms with Crippen LogP contribution < -0.4 is 24.4 Å². The standard InChI is InChI=1S/C18H20N2O5/c1-22-14-4-6-15(7-5-14)25-12-18(21)20-19-11-13-10-16(23-2)8-9-17(13)24-3/h4-11H,12H2,1-3H3,(H,20,21). The molecule has 0 heterocycles. The van der Waals surface area contributed by atoms with Gasteiger partial charge in [-0.25, -0.2) is 5.43 Å². The predicted octanol–water partition coefficient (Wildman–Crippen LogP) is 2.24. The Balaban J connectivity index is 1.87. The number of ether oxygens (including phenoxy) is 4. The summed E-state index contributed by atoms with van der Waals surface area (Å²) in [4.78, 5) is 11.8. The summed E-state index contributed by atoms with van der Waals surface area (Å²) in [5.74, 6) is 2.18. The van der Waals surface area contributed by atoms with Gasteiger partial charge in [-0.15, -0.1) is 0 Å². The first-order valence-electron chi connectivity index (χ1n) is 7.47. The molecule has 0 saturated heterocycles. The fourth-order valence-electron chi connectivity index (χ4n) is 1.97. The van der Waals surface area contributed by atoms with E-state index in [0.29, 0.717) is 28.6 Å². The summed E-state index contributed by atoms with van der Waals surface area (Å²) >= 11 is 0. The number of benzene rings is 2. The van der Waals surface area contributed by atoms with Gasteiger partial charge in [-0.3, -0.25) is 4.79 Å². The lowest BCUT2D eigenvalue weighted by molar-refractivity contribution is -0.123. The van der Waals surface area contributed by atoms with E-state index in [1.54, 1.807) is 63.8 Å². The lowest BCUT2D eigenvalue weighted by Crippen LogP contribution is -2.24. The molecule has 0 saturated carbocycles. The van der Waals surface area contributed by atoms with Crippen LogP contribution >= 0.6 is 0 Å². The van der Waals surface area contributed by atoms with Gasteiger partial charge in [0, 0.05) is 5.56 Å². The second kappa shape index (κ2) is 9.17. The van der Waals surface area contributed by atoms with Crippen molar-refractivity contribution in [2.24, 2.45) is 5.10 Å². The van der Waals surface area contributed by atoms with E-state index >= 15 is 0 Å². The highest BCUT2D eigenvalue weighted by molar-refractivity contribution is 5.86. The molecule has 0 aliphatic rings. The van der Waals surface area contributed by atoms with Crippen LogP contribution in [0.15, 0.2) is 47.6 Å². The molecular formula is C18H20N2O5. The Kier molecular flexibility index (Phi) is 6.65. The topological polar surface area (TPSA) is 78.4 Å². The molecule has 2 aromatic rings. The highest BCUT2D eigenvalue weighted by atomic mass is 16.5. The summed E-state index contributed by atoms with van der Waals surface area (Å²) < 4.78 is 20.8. The van der Waals surface area contributed by atoms with E-state index in [-0.39, 0.29) is 12.5 Å². The van der Waals surface area contributed by atoms with Crippen LogP contribution in [0.3, 0.4) is 0 Å². The van der Waals surface area contributed by atoms with Gasteiger partial charge in [-0.05, 0) is 42.5 Å². The summed E-state index contributed by atoms with van der Waals surface area (Å²) in [5, 5.41) is 3.91. The van der Waals surface area contributed by atoms with E-state index in [9.17, 15) is 4.79 Å². The summed E-state index contributed by atoms with van der Waals surface area (Å²) in [6.45, 7) is -0.154. The van der Waals surface area contributed by atoms with Crippen LogP contribution in [0.5, 0.6) is 23.0 Å². The van der Waals surface area contributed by atoms with E-state index < -0.39 is 0 Å². The molecule has 0 fully saturated rings. The van der Waals surface area contributed by atoms with Crippen molar-refractivity contribution in [2.45, 2.75) is 0 Å². The molecule has 2 aromatic carbocycles. The van der Waals surface area contributed by atoms with Gasteiger partial charge in [0.05, 0.1) is 27.5 Å². The van der Waals surface area contributed by atoms with Crippen molar-refractivity contribution in [3.63, 3.8) is 0 Å². The smallest absolute Gasteiger partial charge is 0.277 e. The van der Waals surface area contributed by atoms with Gasteiger partial charge in [0.15, 0.2) is 6.61 Å². The number of hydrazone groups is 1. The van der Waals surface area contributed by atoms with Crippen LogP contribution in [0.1, 0.15) is 5.56 Å². The normalized spacial score (nSPS) is 10.4. The molecule has 0 aliphatic heterocycles. The first-order chi connectivity index (χ1) is 12.2. The minimum absolute atomic E-state index is 0.154. The number of amides is 1. The average molecular weight is 344 g/mol. The predicted molar refractivity (Wildman–Crippen MR) is 93.8 cm³/mol. The first-order valence-corrected chi connectivity index (χ1v) is 7.47. The molecule has 0 aliphatic carbocycles. The Labute approximate surface area is 146 Å². The number of hydrogen-bond acceptors (Lipinski definition) is 6. The summed E-state index contributed by atoms with van der Waals surface area (Å²) in [5.41, 5.74) is 3.08. The molecule has 7 heteroatoms. The molecular weight excluding hydrogens is 324 g/mol. The fourth-order valence-corrected chi connectivity index (χ4v) is 1.97. The lowest BCUT2D eigenvalue weighted by atomic mass is 10.2. The number of nitrogens with zero attached hydrogens (tertiary/aromatic N) is 1. The van der Waals surface area contributed by atoms with E-state index in [4.69, 9.17) is 18.9 Å². The number of nitrogens with one attached hydrogen (secondary N) is 1. The van der Waals surface area contributed by atoms with Crippen LogP contribution in [-0.4, -0.2) is 40.1 Å². The molecule has 1 N–H and O–H groups in total. The molecule has 0 unspecified atom stereocenters. The molecule has 0 spiro atoms. The molecule has 132 valence electrons. The zero-order chi connectivity index (χ0) is 18.1. The van der Waals surface area contributed by atoms with Crippen molar-refractivity contribution in [1.29, 1.82) is 0 Å². The molecule has 25 heavy (non-hydrogen) atoms. The third-order valence-electron chi connectivity index (χ3n) is 3.26. The molecule has 0 aromatic heterocycles. The monoisotopic (exact) mass is 344 g/mol. The zero-order valence-electron chi connectivity index (χ0n) is 14.3. The van der Waals surface area contributed by atoms with Crippen molar-refractivity contribution in [3.05, 3.63) is 48.0 Å². The second-order valence-electron chi connectivity index (χ2n) is 4.87. The summed E-state index contributed by atoms with van der Waals surface area (Å²) in [6.07, 6.45) is 1.48. The Morgan fingerprint density at radius 1 is 0.960 bits per heavy atom. The quantitative estimate of drug-likeness (QED) is 0.587. The van der Waals surface area contributed by atoms with E-state index in [0.717, 1.165) is 0 Å². The van der Waals surface area contributed by atoms with Gasteiger partial charge in [-0.2, -0.15) is 5.10 Å². The molecule has 0 radical (unpaired) electrons. The van der Waals surface area contributed by atoms with Gasteiger partial charge in [0.1, 0.15) is 23.0 Å². The third kappa shape index (κ3) is 5.42. The Bertz CT molecular complexity index is 729. The summed E-state index contributed by atoms with van der Waals surface area (Å²) in [6, 6.07) is 12.2. The fraction of sp³-hybridized carbons (Fsp3) is 0.222. The number of rotatable bonds is 8. The van der Waals surface area contributed by atoms with E-state index in [1.165, 1.54) is 6.21 Å². The molecule has 2 rings (SSSR count). The van der Waals surface area contributed by atoms with Gasteiger partial charge in [0.2, 0.25) is 0 Å². The van der Waals surface area contributed by atoms with Crippen LogP contribution in [0.2, 0.25) is 0 Å². The SMILES string of the molecule is COc1ccc(OCC(=O)NN=Cc2cc(OC)ccc2OC)cc1. The molecule has 0 atom stereocenters. The largest absolute Gasteiger partial charge is 0.497 e. The maximum absolute atomic E-state index is 11.8.